The van der Waals surface area contributed by atoms with E-state index in [-0.39, 0.29) is 0 Å². The van der Waals surface area contributed by atoms with E-state index in [9.17, 15) is 15.0 Å². The molecule has 1 aromatic rings. The molecule has 0 aromatic heterocycles. The second-order valence-electron chi connectivity index (χ2n) is 4.28. The van der Waals surface area contributed by atoms with E-state index in [1.807, 2.05) is 0 Å². The third-order valence-corrected chi connectivity index (χ3v) is 3.42. The number of rotatable bonds is 3. The van der Waals surface area contributed by atoms with Gasteiger partial charge in [0.2, 0.25) is 0 Å². The first-order valence-corrected chi connectivity index (χ1v) is 5.61. The number of hydrogen-bond acceptors (Lipinski definition) is 2. The monoisotopic (exact) mass is 240 g/mol. The van der Waals surface area contributed by atoms with Crippen LogP contribution in [0.15, 0.2) is 24.3 Å². The summed E-state index contributed by atoms with van der Waals surface area (Å²) in [5.74, 6) is -1.87. The minimum Gasteiger partial charge on any atom is -0.481 e. The number of halogens is 1. The quantitative estimate of drug-likeness (QED) is 0.853. The molecule has 86 valence electrons. The van der Waals surface area contributed by atoms with Crippen LogP contribution in [0, 0.1) is 0 Å². The molecule has 16 heavy (non-hydrogen) atoms. The van der Waals surface area contributed by atoms with Crippen molar-refractivity contribution in [3.63, 3.8) is 0 Å². The van der Waals surface area contributed by atoms with E-state index in [0.717, 1.165) is 6.42 Å². The molecule has 3 nitrogen and oxygen atoms in total. The molecule has 1 aliphatic rings. The molecule has 1 saturated carbocycles. The zero-order valence-electron chi connectivity index (χ0n) is 8.69. The van der Waals surface area contributed by atoms with E-state index in [1.165, 1.54) is 0 Å². The van der Waals surface area contributed by atoms with E-state index >= 15 is 0 Å². The number of carboxylic acid groups (broad SMARTS) is 1. The fourth-order valence-electron chi connectivity index (χ4n) is 2.20. The topological polar surface area (TPSA) is 57.5 Å². The predicted molar refractivity (Wildman–Crippen MR) is 60.6 cm³/mol. The van der Waals surface area contributed by atoms with Gasteiger partial charge >= 0.3 is 5.97 Å². The van der Waals surface area contributed by atoms with Crippen LogP contribution >= 0.6 is 11.6 Å². The Labute approximate surface area is 98.7 Å². The molecule has 0 radical (unpaired) electrons. The Hall–Kier alpha value is -1.06. The molecule has 0 heterocycles. The summed E-state index contributed by atoms with van der Waals surface area (Å²) in [7, 11) is 0. The third-order valence-electron chi connectivity index (χ3n) is 3.19. The van der Waals surface area contributed by atoms with Crippen molar-refractivity contribution in [3.8, 4) is 0 Å². The lowest BCUT2D eigenvalue weighted by atomic mass is 9.69. The molecule has 0 aliphatic heterocycles. The zero-order valence-corrected chi connectivity index (χ0v) is 9.44. The molecule has 0 spiro atoms. The van der Waals surface area contributed by atoms with Crippen LogP contribution in [0.4, 0.5) is 0 Å². The van der Waals surface area contributed by atoms with Crippen molar-refractivity contribution in [2.75, 3.05) is 0 Å². The number of aliphatic hydroxyl groups is 1. The molecule has 1 unspecified atom stereocenters. The van der Waals surface area contributed by atoms with Crippen molar-refractivity contribution in [2.24, 2.45) is 0 Å². The maximum atomic E-state index is 11.2. The van der Waals surface area contributed by atoms with Crippen LogP contribution in [0.3, 0.4) is 0 Å². The van der Waals surface area contributed by atoms with Gasteiger partial charge in [-0.25, -0.2) is 0 Å². The van der Waals surface area contributed by atoms with Crippen LogP contribution in [0.5, 0.6) is 0 Å². The summed E-state index contributed by atoms with van der Waals surface area (Å²) in [6.45, 7) is 0. The normalized spacial score (nSPS) is 19.9. The largest absolute Gasteiger partial charge is 0.481 e. The van der Waals surface area contributed by atoms with Gasteiger partial charge in [-0.3, -0.25) is 4.79 Å². The van der Waals surface area contributed by atoms with Crippen molar-refractivity contribution in [1.29, 1.82) is 0 Å². The van der Waals surface area contributed by atoms with Crippen molar-refractivity contribution < 1.29 is 15.0 Å². The van der Waals surface area contributed by atoms with Crippen LogP contribution in [0.1, 0.15) is 30.7 Å². The number of carboxylic acids is 1. The summed E-state index contributed by atoms with van der Waals surface area (Å²) >= 11 is 5.83. The second kappa shape index (κ2) is 4.07. The lowest BCUT2D eigenvalue weighted by Gasteiger charge is -2.41. The summed E-state index contributed by atoms with van der Waals surface area (Å²) in [5, 5.41) is 19.9. The van der Waals surface area contributed by atoms with E-state index in [1.54, 1.807) is 24.3 Å². The average molecular weight is 241 g/mol. The molecular formula is C12H13ClO3. The van der Waals surface area contributed by atoms with Gasteiger partial charge in [0, 0.05) is 5.02 Å². The Morgan fingerprint density at radius 2 is 2.12 bits per heavy atom. The van der Waals surface area contributed by atoms with Gasteiger partial charge in [-0.05, 0) is 37.0 Å². The Kier molecular flexibility index (Phi) is 2.91. The SMILES string of the molecule is O=C(O)C(c1cccc(Cl)c1)C1(O)CCC1. The van der Waals surface area contributed by atoms with Crippen LogP contribution in [-0.4, -0.2) is 21.8 Å². The molecule has 1 fully saturated rings. The predicted octanol–water partition coefficient (Wildman–Crippen LogP) is 2.42. The van der Waals surface area contributed by atoms with Crippen molar-refractivity contribution in [3.05, 3.63) is 34.9 Å². The number of carbonyl (C=O) groups is 1. The highest BCUT2D eigenvalue weighted by molar-refractivity contribution is 6.30. The van der Waals surface area contributed by atoms with Crippen molar-refractivity contribution in [1.82, 2.24) is 0 Å². The molecule has 0 saturated heterocycles. The van der Waals surface area contributed by atoms with Crippen molar-refractivity contribution in [2.45, 2.75) is 30.8 Å². The number of aliphatic carboxylic acids is 1. The molecule has 2 rings (SSSR count). The van der Waals surface area contributed by atoms with Crippen molar-refractivity contribution >= 4 is 17.6 Å². The van der Waals surface area contributed by atoms with Gasteiger partial charge in [-0.2, -0.15) is 0 Å². The Balaban J connectivity index is 2.36. The summed E-state index contributed by atoms with van der Waals surface area (Å²) in [6, 6.07) is 6.70. The second-order valence-corrected chi connectivity index (χ2v) is 4.72. The van der Waals surface area contributed by atoms with Crippen LogP contribution in [-0.2, 0) is 4.79 Å². The Morgan fingerprint density at radius 3 is 2.56 bits per heavy atom. The maximum absolute atomic E-state index is 11.2. The lowest BCUT2D eigenvalue weighted by molar-refractivity contribution is -0.151. The smallest absolute Gasteiger partial charge is 0.313 e. The number of benzene rings is 1. The summed E-state index contributed by atoms with van der Waals surface area (Å²) in [4.78, 5) is 11.2. The van der Waals surface area contributed by atoms with E-state index < -0.39 is 17.5 Å². The Bertz CT molecular complexity index is 412. The summed E-state index contributed by atoms with van der Waals surface area (Å²) < 4.78 is 0. The van der Waals surface area contributed by atoms with Gasteiger partial charge in [-0.15, -0.1) is 0 Å². The molecular weight excluding hydrogens is 228 g/mol. The van der Waals surface area contributed by atoms with Gasteiger partial charge in [0.15, 0.2) is 0 Å². The average Bonchev–Trinajstić information content (AvgIpc) is 2.15. The fraction of sp³-hybridized carbons (Fsp3) is 0.417. The van der Waals surface area contributed by atoms with Gasteiger partial charge in [0.25, 0.3) is 0 Å². The zero-order chi connectivity index (χ0) is 11.8. The highest BCUT2D eigenvalue weighted by atomic mass is 35.5. The lowest BCUT2D eigenvalue weighted by Crippen LogP contribution is -2.46. The van der Waals surface area contributed by atoms with E-state index in [0.29, 0.717) is 23.4 Å². The molecule has 0 amide bonds. The van der Waals surface area contributed by atoms with Crippen LogP contribution in [0.25, 0.3) is 0 Å². The van der Waals surface area contributed by atoms with E-state index in [4.69, 9.17) is 11.6 Å². The molecule has 4 heteroatoms. The first-order valence-electron chi connectivity index (χ1n) is 5.23. The first-order chi connectivity index (χ1) is 7.53. The molecule has 1 aliphatic carbocycles. The minimum atomic E-state index is -1.10. The van der Waals surface area contributed by atoms with E-state index in [2.05, 4.69) is 0 Å². The van der Waals surface area contributed by atoms with Gasteiger partial charge in [-0.1, -0.05) is 23.7 Å². The highest BCUT2D eigenvalue weighted by Gasteiger charge is 2.47. The van der Waals surface area contributed by atoms with Gasteiger partial charge < -0.3 is 10.2 Å². The Morgan fingerprint density at radius 1 is 1.44 bits per heavy atom. The maximum Gasteiger partial charge on any atom is 0.313 e. The number of hydrogen-bond donors (Lipinski definition) is 2. The minimum absolute atomic E-state index is 0.492. The van der Waals surface area contributed by atoms with Gasteiger partial charge in [0.05, 0.1) is 5.60 Å². The summed E-state index contributed by atoms with van der Waals surface area (Å²) in [6.07, 6.45) is 1.95. The molecule has 1 aromatic carbocycles. The molecule has 2 N–H and O–H groups in total. The molecule has 1 atom stereocenters. The van der Waals surface area contributed by atoms with Crippen LogP contribution < -0.4 is 0 Å². The van der Waals surface area contributed by atoms with Crippen LogP contribution in [0.2, 0.25) is 5.02 Å². The fourth-order valence-corrected chi connectivity index (χ4v) is 2.40. The van der Waals surface area contributed by atoms with Gasteiger partial charge in [0.1, 0.15) is 5.92 Å². The standard InChI is InChI=1S/C12H13ClO3/c13-9-4-1-3-8(7-9)10(11(14)15)12(16)5-2-6-12/h1,3-4,7,10,16H,2,5-6H2,(H,14,15). The first kappa shape index (κ1) is 11.4. The highest BCUT2D eigenvalue weighted by Crippen LogP contribution is 2.43. The molecule has 0 bridgehead atoms. The summed E-state index contributed by atoms with van der Waals surface area (Å²) in [5.41, 5.74) is -0.529. The third kappa shape index (κ3) is 1.93.